The third kappa shape index (κ3) is 3.51. The van der Waals surface area contributed by atoms with E-state index >= 15 is 0 Å². The second-order valence-corrected chi connectivity index (χ2v) is 4.48. The smallest absolute Gasteiger partial charge is 0.392 e. The highest BCUT2D eigenvalue weighted by atomic mass is 79.9. The Morgan fingerprint density at radius 1 is 1.36 bits per heavy atom. The molecule has 0 radical (unpaired) electrons. The summed E-state index contributed by atoms with van der Waals surface area (Å²) in [4.78, 5) is 0.0226. The van der Waals surface area contributed by atoms with E-state index in [9.17, 15) is 13.2 Å². The molecule has 1 aromatic rings. The molecular weight excluding hydrogens is 281 g/mol. The zero-order valence-corrected chi connectivity index (χ0v) is 9.21. The molecule has 0 aromatic heterocycles. The Balaban J connectivity index is 2.99. The molecule has 0 heterocycles. The van der Waals surface area contributed by atoms with Crippen LogP contribution in [0, 0.1) is 0 Å². The normalized spacial score (nSPS) is 11.8. The van der Waals surface area contributed by atoms with E-state index in [0.29, 0.717) is 4.47 Å². The molecule has 0 atom stereocenters. The van der Waals surface area contributed by atoms with Crippen molar-refractivity contribution >= 4 is 27.7 Å². The third-order valence-electron chi connectivity index (χ3n) is 1.43. The van der Waals surface area contributed by atoms with E-state index in [4.69, 9.17) is 5.11 Å². The van der Waals surface area contributed by atoms with Gasteiger partial charge in [-0.15, -0.1) is 0 Å². The maximum atomic E-state index is 12.1. The molecule has 0 aliphatic heterocycles. The van der Waals surface area contributed by atoms with Crippen LogP contribution in [0.4, 0.5) is 13.2 Å². The molecule has 6 heteroatoms. The molecule has 0 amide bonds. The van der Waals surface area contributed by atoms with Gasteiger partial charge in [0.05, 0.1) is 6.61 Å². The number of aliphatic hydroxyl groups excluding tert-OH is 1. The number of hydrogen-bond acceptors (Lipinski definition) is 2. The van der Waals surface area contributed by atoms with Gasteiger partial charge in [0.25, 0.3) is 0 Å². The van der Waals surface area contributed by atoms with Gasteiger partial charge in [-0.2, -0.15) is 13.2 Å². The minimum Gasteiger partial charge on any atom is -0.392 e. The zero-order chi connectivity index (χ0) is 10.8. The number of thioether (sulfide) groups is 1. The molecule has 78 valence electrons. The highest BCUT2D eigenvalue weighted by molar-refractivity contribution is 9.10. The van der Waals surface area contributed by atoms with Crippen molar-refractivity contribution in [1.29, 1.82) is 0 Å². The van der Waals surface area contributed by atoms with Crippen molar-refractivity contribution in [3.8, 4) is 0 Å². The van der Waals surface area contributed by atoms with Gasteiger partial charge >= 0.3 is 5.51 Å². The first-order valence-corrected chi connectivity index (χ1v) is 5.18. The minimum absolute atomic E-state index is 0.0226. The lowest BCUT2D eigenvalue weighted by molar-refractivity contribution is -0.0328. The number of alkyl halides is 3. The Bertz CT molecular complexity index is 327. The molecule has 0 saturated carbocycles. The highest BCUT2D eigenvalue weighted by Gasteiger charge is 2.30. The average Bonchev–Trinajstić information content (AvgIpc) is 2.01. The van der Waals surface area contributed by atoms with Crippen LogP contribution < -0.4 is 0 Å². The first-order chi connectivity index (χ1) is 6.42. The van der Waals surface area contributed by atoms with Crippen LogP contribution in [0.1, 0.15) is 5.56 Å². The topological polar surface area (TPSA) is 20.2 Å². The van der Waals surface area contributed by atoms with Crippen molar-refractivity contribution in [1.82, 2.24) is 0 Å². The highest BCUT2D eigenvalue weighted by Crippen LogP contribution is 2.39. The minimum atomic E-state index is -4.33. The summed E-state index contributed by atoms with van der Waals surface area (Å²) >= 11 is 2.85. The molecule has 0 unspecified atom stereocenters. The van der Waals surface area contributed by atoms with E-state index in [2.05, 4.69) is 15.9 Å². The fraction of sp³-hybridized carbons (Fsp3) is 0.250. The second-order valence-electron chi connectivity index (χ2n) is 2.46. The van der Waals surface area contributed by atoms with Crippen LogP contribution in [0.2, 0.25) is 0 Å². The summed E-state index contributed by atoms with van der Waals surface area (Å²) in [6.07, 6.45) is 0. The van der Waals surface area contributed by atoms with Gasteiger partial charge in [-0.3, -0.25) is 0 Å². The molecular formula is C8H6BrF3OS. The third-order valence-corrected chi connectivity index (χ3v) is 2.75. The Morgan fingerprint density at radius 2 is 2.00 bits per heavy atom. The lowest BCUT2D eigenvalue weighted by atomic mass is 10.2. The van der Waals surface area contributed by atoms with E-state index in [1.807, 2.05) is 0 Å². The Kier molecular flexibility index (Phi) is 3.86. The van der Waals surface area contributed by atoms with E-state index in [-0.39, 0.29) is 22.2 Å². The van der Waals surface area contributed by atoms with Gasteiger partial charge in [-0.25, -0.2) is 0 Å². The van der Waals surface area contributed by atoms with Crippen LogP contribution >= 0.6 is 27.7 Å². The molecule has 1 nitrogen and oxygen atoms in total. The van der Waals surface area contributed by atoms with Gasteiger partial charge in [0.2, 0.25) is 0 Å². The summed E-state index contributed by atoms with van der Waals surface area (Å²) in [7, 11) is 0. The van der Waals surface area contributed by atoms with E-state index < -0.39 is 12.1 Å². The second kappa shape index (κ2) is 4.55. The van der Waals surface area contributed by atoms with Crippen LogP contribution in [-0.2, 0) is 6.61 Å². The van der Waals surface area contributed by atoms with E-state index in [0.717, 1.165) is 0 Å². The number of benzene rings is 1. The van der Waals surface area contributed by atoms with Crippen molar-refractivity contribution in [2.75, 3.05) is 0 Å². The summed E-state index contributed by atoms with van der Waals surface area (Å²) in [5, 5.41) is 8.81. The number of hydrogen-bond donors (Lipinski definition) is 1. The molecule has 0 fully saturated rings. The van der Waals surface area contributed by atoms with Gasteiger partial charge in [-0.05, 0) is 29.5 Å². The molecule has 0 bridgehead atoms. The van der Waals surface area contributed by atoms with E-state index in [1.54, 1.807) is 6.07 Å². The van der Waals surface area contributed by atoms with Crippen molar-refractivity contribution in [3.05, 3.63) is 28.2 Å². The van der Waals surface area contributed by atoms with Gasteiger partial charge in [-0.1, -0.05) is 22.0 Å². The first kappa shape index (κ1) is 11.9. The average molecular weight is 287 g/mol. The molecule has 0 saturated heterocycles. The fourth-order valence-corrected chi connectivity index (χ4v) is 2.09. The van der Waals surface area contributed by atoms with E-state index in [1.165, 1.54) is 12.1 Å². The molecule has 0 aliphatic carbocycles. The first-order valence-electron chi connectivity index (χ1n) is 3.57. The lowest BCUT2D eigenvalue weighted by Crippen LogP contribution is -2.01. The van der Waals surface area contributed by atoms with Crippen molar-refractivity contribution < 1.29 is 18.3 Å². The molecule has 1 rings (SSSR count). The Morgan fingerprint density at radius 3 is 2.50 bits per heavy atom. The molecule has 14 heavy (non-hydrogen) atoms. The van der Waals surface area contributed by atoms with Gasteiger partial charge in [0, 0.05) is 9.37 Å². The SMILES string of the molecule is OCc1ccc(Br)cc1SC(F)(F)F. The molecule has 1 N–H and O–H groups in total. The Labute approximate surface area is 91.4 Å². The number of aliphatic hydroxyl groups is 1. The van der Waals surface area contributed by atoms with Crippen LogP contribution in [0.3, 0.4) is 0 Å². The van der Waals surface area contributed by atoms with Crippen molar-refractivity contribution in [3.63, 3.8) is 0 Å². The van der Waals surface area contributed by atoms with Crippen molar-refractivity contribution in [2.24, 2.45) is 0 Å². The summed E-state index contributed by atoms with van der Waals surface area (Å²) in [6, 6.07) is 4.38. The molecule has 0 spiro atoms. The predicted octanol–water partition coefficient (Wildman–Crippen LogP) is 3.55. The summed E-state index contributed by atoms with van der Waals surface area (Å²) in [5.74, 6) is 0. The molecule has 1 aromatic carbocycles. The fourth-order valence-electron chi connectivity index (χ4n) is 0.879. The van der Waals surface area contributed by atoms with Crippen molar-refractivity contribution in [2.45, 2.75) is 17.0 Å². The van der Waals surface area contributed by atoms with Crippen LogP contribution in [0.25, 0.3) is 0 Å². The Hall–Kier alpha value is -0.200. The monoisotopic (exact) mass is 286 g/mol. The van der Waals surface area contributed by atoms with Gasteiger partial charge in [0.15, 0.2) is 0 Å². The van der Waals surface area contributed by atoms with Crippen LogP contribution in [0.15, 0.2) is 27.6 Å². The number of rotatable bonds is 2. The summed E-state index contributed by atoms with van der Waals surface area (Å²) in [6.45, 7) is -0.397. The maximum Gasteiger partial charge on any atom is 0.446 e. The number of halogens is 4. The van der Waals surface area contributed by atoms with Gasteiger partial charge < -0.3 is 5.11 Å². The summed E-state index contributed by atoms with van der Waals surface area (Å²) in [5.41, 5.74) is -4.06. The lowest BCUT2D eigenvalue weighted by Gasteiger charge is -2.09. The van der Waals surface area contributed by atoms with Gasteiger partial charge in [0.1, 0.15) is 0 Å². The quantitative estimate of drug-likeness (QED) is 0.839. The summed E-state index contributed by atoms with van der Waals surface area (Å²) < 4.78 is 36.7. The van der Waals surface area contributed by atoms with Crippen LogP contribution in [0.5, 0.6) is 0 Å². The largest absolute Gasteiger partial charge is 0.446 e. The zero-order valence-electron chi connectivity index (χ0n) is 6.81. The standard InChI is InChI=1S/C8H6BrF3OS/c9-6-2-1-5(4-13)7(3-6)14-8(10,11)12/h1-3,13H,4H2. The molecule has 0 aliphatic rings. The maximum absolute atomic E-state index is 12.1. The predicted molar refractivity (Wildman–Crippen MR) is 52.0 cm³/mol. The van der Waals surface area contributed by atoms with Crippen LogP contribution in [-0.4, -0.2) is 10.6 Å².